The number of hydrogen-bond acceptors (Lipinski definition) is 2. The SMILES string of the molecule is Cc1ccsc1/C=C1/C(=O)N(C)c2ccc(Br)cc21. The molecule has 0 unspecified atom stereocenters. The number of carbonyl (C=O) groups is 1. The molecule has 0 bridgehead atoms. The van der Waals surface area contributed by atoms with Gasteiger partial charge in [-0.05, 0) is 48.2 Å². The second-order valence-electron chi connectivity index (χ2n) is 4.55. The van der Waals surface area contributed by atoms with Crippen LogP contribution in [0.3, 0.4) is 0 Å². The van der Waals surface area contributed by atoms with Crippen molar-refractivity contribution in [2.45, 2.75) is 6.92 Å². The normalized spacial score (nSPS) is 16.3. The van der Waals surface area contributed by atoms with E-state index in [1.54, 1.807) is 16.2 Å². The fraction of sp³-hybridized carbons (Fsp3) is 0.133. The maximum absolute atomic E-state index is 12.4. The van der Waals surface area contributed by atoms with Gasteiger partial charge in [-0.15, -0.1) is 11.3 Å². The van der Waals surface area contributed by atoms with E-state index >= 15 is 0 Å². The quantitative estimate of drug-likeness (QED) is 0.711. The van der Waals surface area contributed by atoms with Crippen LogP contribution in [-0.4, -0.2) is 13.0 Å². The fourth-order valence-corrected chi connectivity index (χ4v) is 3.44. The molecule has 1 aromatic carbocycles. The summed E-state index contributed by atoms with van der Waals surface area (Å²) in [5, 5.41) is 2.05. The second-order valence-corrected chi connectivity index (χ2v) is 6.41. The number of aryl methyl sites for hydroxylation is 1. The minimum Gasteiger partial charge on any atom is -0.311 e. The highest BCUT2D eigenvalue weighted by molar-refractivity contribution is 9.10. The van der Waals surface area contributed by atoms with E-state index in [4.69, 9.17) is 0 Å². The molecule has 1 aliphatic heterocycles. The van der Waals surface area contributed by atoms with E-state index in [-0.39, 0.29) is 5.91 Å². The van der Waals surface area contributed by atoms with Gasteiger partial charge in [0.25, 0.3) is 5.91 Å². The van der Waals surface area contributed by atoms with Crippen molar-refractivity contribution in [2.24, 2.45) is 0 Å². The molecule has 4 heteroatoms. The third-order valence-electron chi connectivity index (χ3n) is 3.32. The van der Waals surface area contributed by atoms with Crippen LogP contribution in [0.1, 0.15) is 16.0 Å². The van der Waals surface area contributed by atoms with Gasteiger partial charge in [-0.3, -0.25) is 4.79 Å². The number of hydrogen-bond donors (Lipinski definition) is 0. The van der Waals surface area contributed by atoms with Crippen LogP contribution in [0.4, 0.5) is 5.69 Å². The lowest BCUT2D eigenvalue weighted by Crippen LogP contribution is -2.20. The summed E-state index contributed by atoms with van der Waals surface area (Å²) in [6.45, 7) is 2.06. The number of anilines is 1. The van der Waals surface area contributed by atoms with E-state index in [9.17, 15) is 4.79 Å². The van der Waals surface area contributed by atoms with Crippen LogP contribution in [0, 0.1) is 6.92 Å². The summed E-state index contributed by atoms with van der Waals surface area (Å²) in [6, 6.07) is 8.01. The molecule has 1 aromatic heterocycles. The van der Waals surface area contributed by atoms with Crippen LogP contribution in [0.15, 0.2) is 34.1 Å². The minimum absolute atomic E-state index is 0.0564. The zero-order valence-electron chi connectivity index (χ0n) is 10.6. The number of likely N-dealkylation sites (N-methyl/N-ethyl adjacent to an activating group) is 1. The Morgan fingerprint density at radius 1 is 1.32 bits per heavy atom. The number of benzene rings is 1. The Morgan fingerprint density at radius 2 is 2.11 bits per heavy atom. The molecule has 96 valence electrons. The third kappa shape index (κ3) is 2.05. The van der Waals surface area contributed by atoms with Crippen LogP contribution in [0.2, 0.25) is 0 Å². The molecule has 0 saturated heterocycles. The molecule has 2 aromatic rings. The van der Waals surface area contributed by atoms with Gasteiger partial charge in [-0.1, -0.05) is 15.9 Å². The Kier molecular flexibility index (Phi) is 3.07. The molecule has 2 heterocycles. The lowest BCUT2D eigenvalue weighted by atomic mass is 10.1. The lowest BCUT2D eigenvalue weighted by Gasteiger charge is -2.08. The van der Waals surface area contributed by atoms with E-state index in [1.165, 1.54) is 5.56 Å². The molecule has 19 heavy (non-hydrogen) atoms. The highest BCUT2D eigenvalue weighted by Crippen LogP contribution is 2.39. The molecule has 2 nitrogen and oxygen atoms in total. The Bertz CT molecular complexity index is 702. The summed E-state index contributed by atoms with van der Waals surface area (Å²) in [5.74, 6) is 0.0564. The lowest BCUT2D eigenvalue weighted by molar-refractivity contribution is -0.112. The maximum atomic E-state index is 12.4. The zero-order chi connectivity index (χ0) is 13.6. The second kappa shape index (κ2) is 4.62. The molecule has 0 atom stereocenters. The summed E-state index contributed by atoms with van der Waals surface area (Å²) in [6.07, 6.45) is 2.00. The van der Waals surface area contributed by atoms with Gasteiger partial charge in [-0.25, -0.2) is 0 Å². The number of thiophene rings is 1. The van der Waals surface area contributed by atoms with Crippen LogP contribution >= 0.6 is 27.3 Å². The molecule has 0 spiro atoms. The third-order valence-corrected chi connectivity index (χ3v) is 4.78. The molecule has 1 amide bonds. The topological polar surface area (TPSA) is 20.3 Å². The predicted octanol–water partition coefficient (Wildman–Crippen LogP) is 4.34. The molecular weight excluding hydrogens is 322 g/mol. The standard InChI is InChI=1S/C15H12BrNOS/c1-9-5-6-19-14(9)8-12-11-7-10(16)3-4-13(11)17(2)15(12)18/h3-8H,1-2H3/b12-8+. The van der Waals surface area contributed by atoms with Crippen molar-refractivity contribution in [3.05, 3.63) is 50.1 Å². The van der Waals surface area contributed by atoms with Gasteiger partial charge >= 0.3 is 0 Å². The van der Waals surface area contributed by atoms with Crippen molar-refractivity contribution in [3.8, 4) is 0 Å². The Balaban J connectivity index is 2.18. The highest BCUT2D eigenvalue weighted by atomic mass is 79.9. The fourth-order valence-electron chi connectivity index (χ4n) is 2.22. The number of carbonyl (C=O) groups excluding carboxylic acids is 1. The summed E-state index contributed by atoms with van der Waals surface area (Å²) in [7, 11) is 1.82. The van der Waals surface area contributed by atoms with Gasteiger partial charge in [0, 0.05) is 22.0 Å². The van der Waals surface area contributed by atoms with Gasteiger partial charge in [0.2, 0.25) is 0 Å². The van der Waals surface area contributed by atoms with Crippen molar-refractivity contribution >= 4 is 50.5 Å². The Hall–Kier alpha value is -1.39. The van der Waals surface area contributed by atoms with Crippen LogP contribution in [0.5, 0.6) is 0 Å². The Morgan fingerprint density at radius 3 is 2.79 bits per heavy atom. The first-order chi connectivity index (χ1) is 9.08. The van der Waals surface area contributed by atoms with Crippen molar-refractivity contribution in [3.63, 3.8) is 0 Å². The number of halogens is 1. The number of fused-ring (bicyclic) bond motifs is 1. The van der Waals surface area contributed by atoms with Crippen molar-refractivity contribution in [1.29, 1.82) is 0 Å². The molecule has 1 aliphatic rings. The van der Waals surface area contributed by atoms with Crippen molar-refractivity contribution in [2.75, 3.05) is 11.9 Å². The van der Waals surface area contributed by atoms with Crippen molar-refractivity contribution < 1.29 is 4.79 Å². The van der Waals surface area contributed by atoms with Crippen molar-refractivity contribution in [1.82, 2.24) is 0 Å². The summed E-state index contributed by atoms with van der Waals surface area (Å²) in [4.78, 5) is 15.2. The first-order valence-corrected chi connectivity index (χ1v) is 7.59. The van der Waals surface area contributed by atoms with Gasteiger partial charge in [0.05, 0.1) is 11.3 Å². The predicted molar refractivity (Wildman–Crippen MR) is 84.5 cm³/mol. The van der Waals surface area contributed by atoms with Crippen LogP contribution in [0.25, 0.3) is 11.6 Å². The van der Waals surface area contributed by atoms with Crippen LogP contribution in [-0.2, 0) is 4.79 Å². The molecule has 0 fully saturated rings. The molecular formula is C15H12BrNOS. The average molecular weight is 334 g/mol. The maximum Gasteiger partial charge on any atom is 0.258 e. The van der Waals surface area contributed by atoms with E-state index in [0.717, 1.165) is 26.2 Å². The molecule has 0 aliphatic carbocycles. The van der Waals surface area contributed by atoms with E-state index in [1.807, 2.05) is 36.7 Å². The average Bonchev–Trinajstić information content (AvgIpc) is 2.88. The number of rotatable bonds is 1. The monoisotopic (exact) mass is 333 g/mol. The van der Waals surface area contributed by atoms with Gasteiger partial charge in [-0.2, -0.15) is 0 Å². The van der Waals surface area contributed by atoms with E-state index in [2.05, 4.69) is 28.9 Å². The zero-order valence-corrected chi connectivity index (χ0v) is 13.0. The smallest absolute Gasteiger partial charge is 0.258 e. The van der Waals surface area contributed by atoms with Gasteiger partial charge < -0.3 is 4.90 Å². The van der Waals surface area contributed by atoms with E-state index in [0.29, 0.717) is 0 Å². The minimum atomic E-state index is 0.0564. The molecule has 3 rings (SSSR count). The molecule has 0 saturated carbocycles. The highest BCUT2D eigenvalue weighted by Gasteiger charge is 2.29. The largest absolute Gasteiger partial charge is 0.311 e. The van der Waals surface area contributed by atoms with E-state index < -0.39 is 0 Å². The molecule has 0 radical (unpaired) electrons. The first-order valence-electron chi connectivity index (χ1n) is 5.91. The van der Waals surface area contributed by atoms with Gasteiger partial charge in [0.1, 0.15) is 0 Å². The number of nitrogens with zero attached hydrogens (tertiary/aromatic N) is 1. The molecule has 0 N–H and O–H groups in total. The Labute approximate surface area is 124 Å². The number of amides is 1. The first kappa shape index (κ1) is 12.6. The van der Waals surface area contributed by atoms with Crippen LogP contribution < -0.4 is 4.90 Å². The summed E-state index contributed by atoms with van der Waals surface area (Å²) < 4.78 is 0.989. The summed E-state index contributed by atoms with van der Waals surface area (Å²) >= 11 is 5.13. The van der Waals surface area contributed by atoms with Gasteiger partial charge in [0.15, 0.2) is 0 Å². The summed E-state index contributed by atoms with van der Waals surface area (Å²) in [5.41, 5.74) is 3.93.